The van der Waals surface area contributed by atoms with Crippen molar-refractivity contribution in [2.24, 2.45) is 0 Å². The summed E-state index contributed by atoms with van der Waals surface area (Å²) in [5.74, 6) is -0.972. The lowest BCUT2D eigenvalue weighted by Gasteiger charge is -2.19. The molecule has 3 rings (SSSR count). The lowest BCUT2D eigenvalue weighted by atomic mass is 10.1. The summed E-state index contributed by atoms with van der Waals surface area (Å²) in [4.78, 5) is 45.8. The van der Waals surface area contributed by atoms with Crippen LogP contribution in [0.25, 0.3) is 10.2 Å². The van der Waals surface area contributed by atoms with Gasteiger partial charge in [0.05, 0.1) is 24.4 Å². The molecule has 9 heteroatoms. The molecule has 0 fully saturated rings. The quantitative estimate of drug-likeness (QED) is 0.247. The molecule has 0 unspecified atom stereocenters. The van der Waals surface area contributed by atoms with Crippen molar-refractivity contribution in [3.05, 3.63) is 60.2 Å². The van der Waals surface area contributed by atoms with Crippen LogP contribution in [0.3, 0.4) is 0 Å². The number of benzene rings is 2. The van der Waals surface area contributed by atoms with Gasteiger partial charge in [-0.15, -0.1) is 5.06 Å². The molecule has 0 spiro atoms. The topological polar surface area (TPSA) is 95.0 Å². The first-order valence-electron chi connectivity index (χ1n) is 8.75. The highest BCUT2D eigenvalue weighted by atomic mass is 32.1. The number of allylic oxidation sites excluding steroid dienone is 1. The highest BCUT2D eigenvalue weighted by Crippen LogP contribution is 2.33. The van der Waals surface area contributed by atoms with E-state index >= 15 is 0 Å². The van der Waals surface area contributed by atoms with Crippen molar-refractivity contribution in [2.75, 3.05) is 19.3 Å². The second kappa shape index (κ2) is 9.19. The predicted molar refractivity (Wildman–Crippen MR) is 112 cm³/mol. The van der Waals surface area contributed by atoms with Crippen molar-refractivity contribution in [3.8, 4) is 11.5 Å². The fourth-order valence-electron chi connectivity index (χ4n) is 2.49. The van der Waals surface area contributed by atoms with Crippen LogP contribution < -0.4 is 14.6 Å². The van der Waals surface area contributed by atoms with E-state index in [-0.39, 0.29) is 23.0 Å². The minimum Gasteiger partial charge on any atom is -0.493 e. The number of nitrogens with zero attached hydrogens (tertiary/aromatic N) is 2. The van der Waals surface area contributed by atoms with Gasteiger partial charge in [0.15, 0.2) is 17.3 Å². The molecule has 0 aliphatic heterocycles. The van der Waals surface area contributed by atoms with Gasteiger partial charge in [-0.2, -0.15) is 0 Å². The van der Waals surface area contributed by atoms with Gasteiger partial charge in [0.1, 0.15) is 0 Å². The fraction of sp³-hybridized carbons (Fsp3) is 0.143. The highest BCUT2D eigenvalue weighted by Gasteiger charge is 2.21. The van der Waals surface area contributed by atoms with Crippen LogP contribution in [-0.2, 0) is 14.3 Å². The lowest BCUT2D eigenvalue weighted by molar-refractivity contribution is -0.134. The summed E-state index contributed by atoms with van der Waals surface area (Å²) in [6, 6.07) is 11.9. The normalized spacial score (nSPS) is 10.8. The molecule has 0 atom stereocenters. The summed E-state index contributed by atoms with van der Waals surface area (Å²) < 4.78 is 10.7. The molecule has 1 amide bonds. The van der Waals surface area contributed by atoms with Gasteiger partial charge in [-0.05, 0) is 36.4 Å². The minimum absolute atomic E-state index is 0.223. The molecule has 0 N–H and O–H groups in total. The van der Waals surface area contributed by atoms with E-state index in [9.17, 15) is 14.4 Å². The van der Waals surface area contributed by atoms with Crippen molar-refractivity contribution < 1.29 is 28.7 Å². The number of esters is 1. The molecule has 154 valence electrons. The van der Waals surface area contributed by atoms with Gasteiger partial charge in [-0.1, -0.05) is 23.5 Å². The van der Waals surface area contributed by atoms with Crippen LogP contribution in [0.2, 0.25) is 0 Å². The smallest absolute Gasteiger partial charge is 0.330 e. The zero-order valence-electron chi connectivity index (χ0n) is 16.4. The Kier molecular flexibility index (Phi) is 6.43. The second-order valence-electron chi connectivity index (χ2n) is 5.96. The van der Waals surface area contributed by atoms with E-state index in [1.54, 1.807) is 0 Å². The van der Waals surface area contributed by atoms with Crippen molar-refractivity contribution in [3.63, 3.8) is 0 Å². The van der Waals surface area contributed by atoms with Crippen LogP contribution >= 0.6 is 11.3 Å². The Morgan fingerprint density at radius 2 is 1.80 bits per heavy atom. The molecule has 2 aromatic carbocycles. The van der Waals surface area contributed by atoms with E-state index in [0.717, 1.165) is 27.4 Å². The van der Waals surface area contributed by atoms with Crippen LogP contribution in [0.5, 0.6) is 11.5 Å². The van der Waals surface area contributed by atoms with Gasteiger partial charge in [0, 0.05) is 18.6 Å². The number of thiazole rings is 1. The molecule has 0 saturated carbocycles. The molecule has 3 aromatic rings. The van der Waals surface area contributed by atoms with Gasteiger partial charge in [-0.25, -0.2) is 9.78 Å². The number of amides is 1. The maximum Gasteiger partial charge on any atom is 0.330 e. The van der Waals surface area contributed by atoms with Crippen LogP contribution in [0, 0.1) is 0 Å². The van der Waals surface area contributed by atoms with Crippen LogP contribution in [0.4, 0.5) is 5.13 Å². The Labute approximate surface area is 176 Å². The average molecular weight is 426 g/mol. The number of hydrogen-bond acceptors (Lipinski definition) is 8. The fourth-order valence-corrected chi connectivity index (χ4v) is 3.44. The number of hydrogen-bond donors (Lipinski definition) is 0. The summed E-state index contributed by atoms with van der Waals surface area (Å²) in [5.41, 5.74) is 1.02. The summed E-state index contributed by atoms with van der Waals surface area (Å²) >= 11 is 1.31. The van der Waals surface area contributed by atoms with Gasteiger partial charge in [-0.3, -0.25) is 9.59 Å². The number of ether oxygens (including phenoxy) is 2. The summed E-state index contributed by atoms with van der Waals surface area (Å²) in [6.45, 7) is 1.36. The first-order valence-corrected chi connectivity index (χ1v) is 9.57. The molecular weight excluding hydrogens is 408 g/mol. The predicted octanol–water partition coefficient (Wildman–Crippen LogP) is 3.56. The Balaban J connectivity index is 1.88. The Bertz CT molecular complexity index is 1100. The van der Waals surface area contributed by atoms with Gasteiger partial charge in [0.2, 0.25) is 5.13 Å². The third-order valence-corrected chi connectivity index (χ3v) is 4.96. The van der Waals surface area contributed by atoms with Crippen molar-refractivity contribution in [1.82, 2.24) is 4.98 Å². The first kappa shape index (κ1) is 21.0. The number of ketones is 1. The maximum absolute atomic E-state index is 12.2. The number of para-hydroxylation sites is 1. The zero-order valence-corrected chi connectivity index (χ0v) is 17.3. The molecule has 0 aliphatic carbocycles. The number of anilines is 1. The van der Waals surface area contributed by atoms with Crippen molar-refractivity contribution >= 4 is 44.3 Å². The number of methoxy groups -OCH3 is 2. The monoisotopic (exact) mass is 426 g/mol. The Hall–Kier alpha value is -3.72. The maximum atomic E-state index is 12.2. The molecule has 0 saturated heterocycles. The van der Waals surface area contributed by atoms with Crippen LogP contribution in [-0.4, -0.2) is 36.9 Å². The van der Waals surface area contributed by atoms with E-state index in [1.807, 2.05) is 24.3 Å². The summed E-state index contributed by atoms with van der Waals surface area (Å²) in [5, 5.41) is 1.44. The Morgan fingerprint density at radius 1 is 1.03 bits per heavy atom. The molecule has 30 heavy (non-hydrogen) atoms. The highest BCUT2D eigenvalue weighted by molar-refractivity contribution is 7.22. The standard InChI is InChI=1S/C21H18N2O6S/c1-13(24)23(21-22-15-6-4-5-7-19(15)30-21)29-17-10-8-14(12-18(17)27-2)16(25)9-11-20(26)28-3/h4-12H,1-3H3/b11-9+. The van der Waals surface area contributed by atoms with E-state index in [1.165, 1.54) is 50.7 Å². The van der Waals surface area contributed by atoms with E-state index < -0.39 is 11.8 Å². The van der Waals surface area contributed by atoms with E-state index in [0.29, 0.717) is 5.13 Å². The summed E-state index contributed by atoms with van der Waals surface area (Å²) in [6.07, 6.45) is 2.13. The molecule has 8 nitrogen and oxygen atoms in total. The molecule has 1 aromatic heterocycles. The van der Waals surface area contributed by atoms with Crippen LogP contribution in [0.1, 0.15) is 17.3 Å². The van der Waals surface area contributed by atoms with Gasteiger partial charge < -0.3 is 14.3 Å². The van der Waals surface area contributed by atoms with Crippen LogP contribution in [0.15, 0.2) is 54.6 Å². The van der Waals surface area contributed by atoms with Crippen molar-refractivity contribution in [1.29, 1.82) is 0 Å². The number of aromatic nitrogens is 1. The van der Waals surface area contributed by atoms with Gasteiger partial charge >= 0.3 is 5.97 Å². The lowest BCUT2D eigenvalue weighted by Crippen LogP contribution is -2.32. The zero-order chi connectivity index (χ0) is 21.7. The SMILES string of the molecule is COC(=O)/C=C/C(=O)c1ccc(ON(C(C)=O)c2nc3ccccc3s2)c(OC)c1. The average Bonchev–Trinajstić information content (AvgIpc) is 3.18. The van der Waals surface area contributed by atoms with Gasteiger partial charge in [0.25, 0.3) is 5.91 Å². The Morgan fingerprint density at radius 3 is 2.47 bits per heavy atom. The summed E-state index contributed by atoms with van der Waals surface area (Å²) in [7, 11) is 2.63. The first-order chi connectivity index (χ1) is 14.4. The minimum atomic E-state index is -0.636. The number of carbonyl (C=O) groups excluding carboxylic acids is 3. The molecule has 0 radical (unpaired) electrons. The number of hydroxylamine groups is 1. The molecule has 0 aliphatic rings. The van der Waals surface area contributed by atoms with E-state index in [4.69, 9.17) is 9.57 Å². The van der Waals surface area contributed by atoms with Crippen molar-refractivity contribution in [2.45, 2.75) is 6.92 Å². The molecular formula is C21H18N2O6S. The number of carbonyl (C=O) groups is 3. The second-order valence-corrected chi connectivity index (χ2v) is 6.96. The van der Waals surface area contributed by atoms with E-state index in [2.05, 4.69) is 9.72 Å². The largest absolute Gasteiger partial charge is 0.493 e. The number of fused-ring (bicyclic) bond motifs is 1. The molecule has 1 heterocycles. The third-order valence-electron chi connectivity index (χ3n) is 3.95. The third kappa shape index (κ3) is 4.64. The number of rotatable bonds is 7. The molecule has 0 bridgehead atoms.